The van der Waals surface area contributed by atoms with E-state index in [0.717, 1.165) is 6.42 Å². The molecule has 0 N–H and O–H groups in total. The summed E-state index contributed by atoms with van der Waals surface area (Å²) in [6.07, 6.45) is 1.22. The SMILES string of the molecule is CC(C)(C)OC(=O)N1CC(OC2(C(=O)[O-])CCC2)C1.[Na+]. The quantitative estimate of drug-likeness (QED) is 0.529. The maximum Gasteiger partial charge on any atom is 1.00 e. The summed E-state index contributed by atoms with van der Waals surface area (Å²) in [6, 6.07) is 0. The molecular formula is C13H20NNaO5. The maximum absolute atomic E-state index is 11.7. The number of carbonyl (C=O) groups excluding carboxylic acids is 2. The van der Waals surface area contributed by atoms with Gasteiger partial charge >= 0.3 is 35.7 Å². The zero-order chi connectivity index (χ0) is 14.3. The molecule has 7 heteroatoms. The van der Waals surface area contributed by atoms with Crippen LogP contribution in [0.15, 0.2) is 0 Å². The maximum atomic E-state index is 11.7. The van der Waals surface area contributed by atoms with Gasteiger partial charge in [-0.1, -0.05) is 0 Å². The van der Waals surface area contributed by atoms with Gasteiger partial charge in [0.1, 0.15) is 11.2 Å². The summed E-state index contributed by atoms with van der Waals surface area (Å²) in [5, 5.41) is 11.0. The largest absolute Gasteiger partial charge is 1.00 e. The normalized spacial score (nSPS) is 21.2. The summed E-state index contributed by atoms with van der Waals surface area (Å²) in [5.74, 6) is -1.14. The fraction of sp³-hybridized carbons (Fsp3) is 0.846. The first-order valence-corrected chi connectivity index (χ1v) is 6.59. The Morgan fingerprint density at radius 1 is 1.25 bits per heavy atom. The molecule has 0 aromatic heterocycles. The van der Waals surface area contributed by atoms with Gasteiger partial charge in [-0.15, -0.1) is 0 Å². The van der Waals surface area contributed by atoms with Crippen LogP contribution >= 0.6 is 0 Å². The molecule has 0 spiro atoms. The zero-order valence-corrected chi connectivity index (χ0v) is 14.6. The van der Waals surface area contributed by atoms with E-state index >= 15 is 0 Å². The van der Waals surface area contributed by atoms with Gasteiger partial charge in [0.2, 0.25) is 0 Å². The van der Waals surface area contributed by atoms with E-state index in [4.69, 9.17) is 9.47 Å². The van der Waals surface area contributed by atoms with Crippen molar-refractivity contribution in [2.75, 3.05) is 13.1 Å². The Morgan fingerprint density at radius 2 is 1.80 bits per heavy atom. The second-order valence-electron chi connectivity index (χ2n) is 6.26. The van der Waals surface area contributed by atoms with Crippen molar-refractivity contribution in [2.24, 2.45) is 0 Å². The molecule has 0 aromatic carbocycles. The molecule has 1 aliphatic heterocycles. The fourth-order valence-corrected chi connectivity index (χ4v) is 2.18. The number of carboxylic acids is 1. The predicted octanol–water partition coefficient (Wildman–Crippen LogP) is -2.70. The van der Waals surface area contributed by atoms with E-state index in [1.54, 1.807) is 20.8 Å². The first-order valence-electron chi connectivity index (χ1n) is 6.59. The Hall–Kier alpha value is -0.300. The van der Waals surface area contributed by atoms with Crippen molar-refractivity contribution in [3.8, 4) is 0 Å². The molecule has 1 saturated heterocycles. The monoisotopic (exact) mass is 293 g/mol. The van der Waals surface area contributed by atoms with Gasteiger partial charge in [-0.3, -0.25) is 0 Å². The minimum Gasteiger partial charge on any atom is -0.547 e. The third-order valence-corrected chi connectivity index (χ3v) is 3.43. The minimum absolute atomic E-state index is 0. The molecule has 2 fully saturated rings. The average Bonchev–Trinajstić information content (AvgIpc) is 2.08. The van der Waals surface area contributed by atoms with Gasteiger partial charge < -0.3 is 24.3 Å². The van der Waals surface area contributed by atoms with Gasteiger partial charge in [0.05, 0.1) is 25.2 Å². The van der Waals surface area contributed by atoms with Gasteiger partial charge in [0, 0.05) is 0 Å². The molecule has 0 unspecified atom stereocenters. The molecule has 6 nitrogen and oxygen atoms in total. The van der Waals surface area contributed by atoms with Crippen LogP contribution in [0, 0.1) is 0 Å². The van der Waals surface area contributed by atoms with Crippen molar-refractivity contribution < 1.29 is 53.7 Å². The van der Waals surface area contributed by atoms with Crippen molar-refractivity contribution in [1.29, 1.82) is 0 Å². The van der Waals surface area contributed by atoms with Gasteiger partial charge in [-0.25, -0.2) is 4.79 Å². The molecule has 108 valence electrons. The van der Waals surface area contributed by atoms with Crippen molar-refractivity contribution in [2.45, 2.75) is 57.3 Å². The van der Waals surface area contributed by atoms with E-state index in [-0.39, 0.29) is 41.8 Å². The molecule has 0 radical (unpaired) electrons. The molecular weight excluding hydrogens is 273 g/mol. The molecule has 1 amide bonds. The number of likely N-dealkylation sites (tertiary alicyclic amines) is 1. The van der Waals surface area contributed by atoms with Crippen LogP contribution in [0.2, 0.25) is 0 Å². The van der Waals surface area contributed by atoms with E-state index in [9.17, 15) is 14.7 Å². The third-order valence-electron chi connectivity index (χ3n) is 3.43. The number of hydrogen-bond acceptors (Lipinski definition) is 5. The average molecular weight is 293 g/mol. The predicted molar refractivity (Wildman–Crippen MR) is 64.3 cm³/mol. The van der Waals surface area contributed by atoms with E-state index in [0.29, 0.717) is 25.9 Å². The molecule has 2 rings (SSSR count). The topological polar surface area (TPSA) is 78.9 Å². The number of rotatable bonds is 3. The third kappa shape index (κ3) is 3.87. The molecule has 1 heterocycles. The molecule has 0 bridgehead atoms. The Kier molecular flexibility index (Phi) is 5.52. The Bertz CT molecular complexity index is 383. The molecule has 0 aromatic rings. The summed E-state index contributed by atoms with van der Waals surface area (Å²) in [5.41, 5.74) is -1.64. The first-order chi connectivity index (χ1) is 8.72. The van der Waals surface area contributed by atoms with Crippen molar-refractivity contribution in [1.82, 2.24) is 4.90 Å². The molecule has 1 saturated carbocycles. The van der Waals surface area contributed by atoms with Crippen molar-refractivity contribution in [3.05, 3.63) is 0 Å². The summed E-state index contributed by atoms with van der Waals surface area (Å²) in [4.78, 5) is 24.2. The number of ether oxygens (including phenoxy) is 2. The number of amides is 1. The molecule has 0 atom stereocenters. The number of nitrogens with zero attached hydrogens (tertiary/aromatic N) is 1. The van der Waals surface area contributed by atoms with E-state index in [1.165, 1.54) is 4.90 Å². The van der Waals surface area contributed by atoms with Crippen molar-refractivity contribution in [3.63, 3.8) is 0 Å². The van der Waals surface area contributed by atoms with Gasteiger partial charge in [0.15, 0.2) is 0 Å². The molecule has 1 aliphatic carbocycles. The number of hydrogen-bond donors (Lipinski definition) is 0. The van der Waals surface area contributed by atoms with Crippen LogP contribution in [-0.4, -0.2) is 47.4 Å². The molecule has 2 aliphatic rings. The van der Waals surface area contributed by atoms with E-state index in [2.05, 4.69) is 0 Å². The second-order valence-corrected chi connectivity index (χ2v) is 6.26. The smallest absolute Gasteiger partial charge is 0.547 e. The Labute approximate surface area is 141 Å². The summed E-state index contributed by atoms with van der Waals surface area (Å²) in [6.45, 7) is 6.17. The Balaban J connectivity index is 0.00000200. The zero-order valence-electron chi connectivity index (χ0n) is 12.6. The van der Waals surface area contributed by atoms with Crippen LogP contribution in [0.25, 0.3) is 0 Å². The Morgan fingerprint density at radius 3 is 2.15 bits per heavy atom. The van der Waals surface area contributed by atoms with Gasteiger partial charge in [-0.05, 0) is 40.0 Å². The molecule has 20 heavy (non-hydrogen) atoms. The summed E-state index contributed by atoms with van der Waals surface area (Å²) >= 11 is 0. The number of aliphatic carboxylic acids is 1. The van der Waals surface area contributed by atoms with Crippen LogP contribution in [0.4, 0.5) is 4.79 Å². The number of carboxylic acid groups (broad SMARTS) is 1. The van der Waals surface area contributed by atoms with Gasteiger partial charge in [0.25, 0.3) is 0 Å². The second kappa shape index (κ2) is 6.22. The fourth-order valence-electron chi connectivity index (χ4n) is 2.18. The van der Waals surface area contributed by atoms with Gasteiger partial charge in [-0.2, -0.15) is 0 Å². The van der Waals surface area contributed by atoms with Crippen LogP contribution in [0.5, 0.6) is 0 Å². The van der Waals surface area contributed by atoms with Crippen LogP contribution < -0.4 is 34.7 Å². The van der Waals surface area contributed by atoms with Crippen molar-refractivity contribution >= 4 is 12.1 Å². The summed E-state index contributed by atoms with van der Waals surface area (Å²) in [7, 11) is 0. The van der Waals surface area contributed by atoms with Crippen LogP contribution in [-0.2, 0) is 14.3 Å². The van der Waals surface area contributed by atoms with Crippen LogP contribution in [0.1, 0.15) is 40.0 Å². The van der Waals surface area contributed by atoms with E-state index in [1.807, 2.05) is 0 Å². The number of carbonyl (C=O) groups is 2. The first kappa shape index (κ1) is 17.8. The van der Waals surface area contributed by atoms with E-state index < -0.39 is 17.2 Å². The minimum atomic E-state index is -1.14. The summed E-state index contributed by atoms with van der Waals surface area (Å²) < 4.78 is 10.8. The van der Waals surface area contributed by atoms with Crippen LogP contribution in [0.3, 0.4) is 0 Å². The standard InChI is InChI=1S/C13H21NO5.Na/c1-12(2,3)19-11(17)14-7-9(8-14)18-13(10(15)16)5-4-6-13;/h9H,4-8H2,1-3H3,(H,15,16);/q;+1/p-1.